The molecule has 23 heavy (non-hydrogen) atoms. The van der Waals surface area contributed by atoms with E-state index in [9.17, 15) is 4.79 Å². The summed E-state index contributed by atoms with van der Waals surface area (Å²) in [6, 6.07) is 15.2. The SMILES string of the molecule is C#CCN1C(=O)c2ccccc2N[C@H]1c1ccc(OCC)cc1. The third-order valence-electron chi connectivity index (χ3n) is 3.79. The highest BCUT2D eigenvalue weighted by atomic mass is 16.5. The Hall–Kier alpha value is -2.93. The number of benzene rings is 2. The molecule has 116 valence electrons. The molecule has 1 heterocycles. The van der Waals surface area contributed by atoms with E-state index in [1.54, 1.807) is 4.90 Å². The average molecular weight is 306 g/mol. The summed E-state index contributed by atoms with van der Waals surface area (Å²) in [7, 11) is 0. The van der Waals surface area contributed by atoms with Gasteiger partial charge in [-0.15, -0.1) is 6.42 Å². The van der Waals surface area contributed by atoms with E-state index in [1.807, 2.05) is 55.5 Å². The number of rotatable bonds is 4. The van der Waals surface area contributed by atoms with Crippen molar-refractivity contribution >= 4 is 11.6 Å². The van der Waals surface area contributed by atoms with Crippen molar-refractivity contribution in [2.45, 2.75) is 13.1 Å². The zero-order valence-electron chi connectivity index (χ0n) is 13.0. The van der Waals surface area contributed by atoms with Gasteiger partial charge in [0.05, 0.1) is 18.7 Å². The van der Waals surface area contributed by atoms with Gasteiger partial charge in [0.1, 0.15) is 11.9 Å². The first-order valence-corrected chi connectivity index (χ1v) is 7.57. The molecule has 3 rings (SSSR count). The van der Waals surface area contributed by atoms with Crippen molar-refractivity contribution < 1.29 is 9.53 Å². The summed E-state index contributed by atoms with van der Waals surface area (Å²) in [4.78, 5) is 14.4. The van der Waals surface area contributed by atoms with Gasteiger partial charge in [0, 0.05) is 5.69 Å². The molecule has 1 aliphatic rings. The monoisotopic (exact) mass is 306 g/mol. The van der Waals surface area contributed by atoms with Crippen molar-refractivity contribution in [1.82, 2.24) is 4.90 Å². The van der Waals surface area contributed by atoms with Gasteiger partial charge < -0.3 is 15.0 Å². The van der Waals surface area contributed by atoms with Crippen LogP contribution >= 0.6 is 0 Å². The molecule has 4 heteroatoms. The quantitative estimate of drug-likeness (QED) is 0.881. The molecule has 0 aromatic heterocycles. The van der Waals surface area contributed by atoms with Crippen LogP contribution in [0.1, 0.15) is 29.0 Å². The van der Waals surface area contributed by atoms with Gasteiger partial charge in [-0.05, 0) is 36.8 Å². The largest absolute Gasteiger partial charge is 0.494 e. The van der Waals surface area contributed by atoms with Crippen LogP contribution in [-0.2, 0) is 0 Å². The number of terminal acetylenes is 1. The van der Waals surface area contributed by atoms with Crippen LogP contribution in [0.2, 0.25) is 0 Å². The van der Waals surface area contributed by atoms with Crippen molar-refractivity contribution in [3.05, 3.63) is 59.7 Å². The van der Waals surface area contributed by atoms with Gasteiger partial charge in [-0.3, -0.25) is 4.79 Å². The highest BCUT2D eigenvalue weighted by Gasteiger charge is 2.32. The molecule has 0 spiro atoms. The van der Waals surface area contributed by atoms with Crippen molar-refractivity contribution in [1.29, 1.82) is 0 Å². The zero-order chi connectivity index (χ0) is 16.2. The minimum Gasteiger partial charge on any atom is -0.494 e. The minimum atomic E-state index is -0.288. The highest BCUT2D eigenvalue weighted by molar-refractivity contribution is 6.01. The molecule has 0 aliphatic carbocycles. The van der Waals surface area contributed by atoms with Gasteiger partial charge >= 0.3 is 0 Å². The fourth-order valence-electron chi connectivity index (χ4n) is 2.73. The summed E-state index contributed by atoms with van der Waals surface area (Å²) in [6.07, 6.45) is 5.17. The second-order valence-electron chi connectivity index (χ2n) is 5.23. The molecule has 2 aromatic rings. The summed E-state index contributed by atoms with van der Waals surface area (Å²) in [5, 5.41) is 3.40. The Balaban J connectivity index is 1.96. The summed E-state index contributed by atoms with van der Waals surface area (Å²) < 4.78 is 5.47. The normalized spacial score (nSPS) is 16.3. The van der Waals surface area contributed by atoms with Crippen molar-refractivity contribution in [3.8, 4) is 18.1 Å². The van der Waals surface area contributed by atoms with Crippen molar-refractivity contribution in [2.24, 2.45) is 0 Å². The fourth-order valence-corrected chi connectivity index (χ4v) is 2.73. The van der Waals surface area contributed by atoms with Gasteiger partial charge in [0.25, 0.3) is 5.91 Å². The first kappa shape index (κ1) is 15.0. The van der Waals surface area contributed by atoms with Gasteiger partial charge in [0.2, 0.25) is 0 Å². The molecule has 0 saturated heterocycles. The lowest BCUT2D eigenvalue weighted by molar-refractivity contribution is 0.0711. The van der Waals surface area contributed by atoms with E-state index in [4.69, 9.17) is 11.2 Å². The number of hydrogen-bond acceptors (Lipinski definition) is 3. The van der Waals surface area contributed by atoms with Crippen LogP contribution in [0, 0.1) is 12.3 Å². The first-order chi connectivity index (χ1) is 11.2. The summed E-state index contributed by atoms with van der Waals surface area (Å²) in [6.45, 7) is 2.81. The second-order valence-corrected chi connectivity index (χ2v) is 5.23. The maximum Gasteiger partial charge on any atom is 0.258 e. The molecule has 1 amide bonds. The minimum absolute atomic E-state index is 0.0591. The van der Waals surface area contributed by atoms with Crippen LogP contribution in [0.5, 0.6) is 5.75 Å². The van der Waals surface area contributed by atoms with E-state index in [0.717, 1.165) is 17.0 Å². The summed E-state index contributed by atoms with van der Waals surface area (Å²) in [5.41, 5.74) is 2.43. The Labute approximate surface area is 136 Å². The topological polar surface area (TPSA) is 41.6 Å². The van der Waals surface area contributed by atoms with Crippen LogP contribution in [-0.4, -0.2) is 24.0 Å². The molecule has 1 N–H and O–H groups in total. The molecule has 1 aliphatic heterocycles. The van der Waals surface area contributed by atoms with Crippen LogP contribution in [0.25, 0.3) is 0 Å². The molecule has 1 atom stereocenters. The molecule has 2 aromatic carbocycles. The van der Waals surface area contributed by atoms with E-state index >= 15 is 0 Å². The second kappa shape index (κ2) is 6.45. The molecule has 0 radical (unpaired) electrons. The predicted molar refractivity (Wildman–Crippen MR) is 90.3 cm³/mol. The molecule has 0 saturated carbocycles. The molecule has 0 unspecified atom stereocenters. The average Bonchev–Trinajstić information content (AvgIpc) is 2.58. The number of carbonyl (C=O) groups excluding carboxylic acids is 1. The van der Waals surface area contributed by atoms with Crippen LogP contribution in [0.15, 0.2) is 48.5 Å². The maximum absolute atomic E-state index is 12.7. The number of nitrogens with zero attached hydrogens (tertiary/aromatic N) is 1. The molecular formula is C19H18N2O2. The van der Waals surface area contributed by atoms with E-state index in [-0.39, 0.29) is 18.6 Å². The number of hydrogen-bond donors (Lipinski definition) is 1. The summed E-state index contributed by atoms with van der Waals surface area (Å²) >= 11 is 0. The highest BCUT2D eigenvalue weighted by Crippen LogP contribution is 2.33. The Bertz CT molecular complexity index is 747. The first-order valence-electron chi connectivity index (χ1n) is 7.57. The van der Waals surface area contributed by atoms with Crippen LogP contribution in [0.4, 0.5) is 5.69 Å². The number of para-hydroxylation sites is 1. The lowest BCUT2D eigenvalue weighted by Crippen LogP contribution is -2.43. The van der Waals surface area contributed by atoms with E-state index in [1.165, 1.54) is 0 Å². The van der Waals surface area contributed by atoms with Gasteiger partial charge in [-0.25, -0.2) is 0 Å². The summed E-state index contributed by atoms with van der Waals surface area (Å²) in [5.74, 6) is 3.32. The Morgan fingerprint density at radius 3 is 2.65 bits per heavy atom. The third-order valence-corrected chi connectivity index (χ3v) is 3.79. The lowest BCUT2D eigenvalue weighted by Gasteiger charge is -2.37. The standard InChI is InChI=1S/C19H18N2O2/c1-3-13-21-18(14-9-11-15(12-10-14)23-4-2)20-17-8-6-5-7-16(17)19(21)22/h1,5-12,18,20H,4,13H2,2H3/t18-/m1/s1. The molecule has 0 bridgehead atoms. The number of carbonyl (C=O) groups is 1. The zero-order valence-corrected chi connectivity index (χ0v) is 13.0. The lowest BCUT2D eigenvalue weighted by atomic mass is 10.0. The van der Waals surface area contributed by atoms with Gasteiger partial charge in [-0.2, -0.15) is 0 Å². The smallest absolute Gasteiger partial charge is 0.258 e. The molecule has 4 nitrogen and oxygen atoms in total. The third kappa shape index (κ3) is 2.86. The van der Waals surface area contributed by atoms with Crippen LogP contribution in [0.3, 0.4) is 0 Å². The Morgan fingerprint density at radius 2 is 1.96 bits per heavy atom. The van der Waals surface area contributed by atoms with Gasteiger partial charge in [-0.1, -0.05) is 30.2 Å². The Kier molecular flexibility index (Phi) is 4.20. The fraction of sp³-hybridized carbons (Fsp3) is 0.211. The Morgan fingerprint density at radius 1 is 1.22 bits per heavy atom. The van der Waals surface area contributed by atoms with E-state index < -0.39 is 0 Å². The van der Waals surface area contributed by atoms with E-state index in [2.05, 4.69) is 11.2 Å². The molecule has 0 fully saturated rings. The van der Waals surface area contributed by atoms with Crippen molar-refractivity contribution in [2.75, 3.05) is 18.5 Å². The van der Waals surface area contributed by atoms with Gasteiger partial charge in [0.15, 0.2) is 0 Å². The molecular weight excluding hydrogens is 288 g/mol. The number of ether oxygens (including phenoxy) is 1. The predicted octanol–water partition coefficient (Wildman–Crippen LogP) is 3.29. The maximum atomic E-state index is 12.7. The van der Waals surface area contributed by atoms with Crippen LogP contribution < -0.4 is 10.1 Å². The number of fused-ring (bicyclic) bond motifs is 1. The van der Waals surface area contributed by atoms with Crippen molar-refractivity contribution in [3.63, 3.8) is 0 Å². The number of amides is 1. The number of anilines is 1. The van der Waals surface area contributed by atoms with E-state index in [0.29, 0.717) is 12.2 Å². The number of nitrogens with one attached hydrogen (secondary N) is 1.